The van der Waals surface area contributed by atoms with E-state index >= 15 is 0 Å². The maximum atomic E-state index is 12.5. The molecule has 1 rings (SSSR count). The maximum Gasteiger partial charge on any atom is 0.420 e. The average Bonchev–Trinajstić information content (AvgIpc) is 2.11. The molecule has 1 aromatic rings. The predicted octanol–water partition coefficient (Wildman–Crippen LogP) is 2.08. The number of benzene rings is 1. The van der Waals surface area contributed by atoms with Crippen LogP contribution >= 0.6 is 0 Å². The topological polar surface area (TPSA) is 80.4 Å². The highest BCUT2D eigenvalue weighted by molar-refractivity contribution is 7.89. The highest BCUT2D eigenvalue weighted by Crippen LogP contribution is 2.46. The number of rotatable bonds is 1. The molecule has 0 aromatic heterocycles. The van der Waals surface area contributed by atoms with E-state index in [2.05, 4.69) is 5.14 Å². The van der Waals surface area contributed by atoms with Crippen molar-refractivity contribution in [3.05, 3.63) is 23.3 Å². The summed E-state index contributed by atoms with van der Waals surface area (Å²) in [4.78, 5) is -1.44. The van der Waals surface area contributed by atoms with Gasteiger partial charge in [0.25, 0.3) is 0 Å². The van der Waals surface area contributed by atoms with Crippen molar-refractivity contribution >= 4 is 10.0 Å². The lowest BCUT2D eigenvalue weighted by Crippen LogP contribution is -2.20. The third-order valence-corrected chi connectivity index (χ3v) is 2.98. The minimum Gasteiger partial charge on any atom is -0.506 e. The molecule has 0 bridgehead atoms. The summed E-state index contributed by atoms with van der Waals surface area (Å²) in [5, 5.41) is 13.6. The van der Waals surface area contributed by atoms with Crippen LogP contribution in [0, 0.1) is 0 Å². The van der Waals surface area contributed by atoms with Gasteiger partial charge in [-0.05, 0) is 12.1 Å². The van der Waals surface area contributed by atoms with Gasteiger partial charge >= 0.3 is 12.4 Å². The van der Waals surface area contributed by atoms with Crippen LogP contribution in [0.25, 0.3) is 0 Å². The van der Waals surface area contributed by atoms with Crippen LogP contribution < -0.4 is 5.14 Å². The molecule has 19 heavy (non-hydrogen) atoms. The van der Waals surface area contributed by atoms with Gasteiger partial charge in [0.05, 0.1) is 5.56 Å². The molecule has 0 aliphatic heterocycles. The predicted molar refractivity (Wildman–Crippen MR) is 49.5 cm³/mol. The van der Waals surface area contributed by atoms with Crippen LogP contribution in [-0.4, -0.2) is 13.5 Å². The number of alkyl halides is 6. The van der Waals surface area contributed by atoms with Crippen molar-refractivity contribution in [1.29, 1.82) is 0 Å². The number of nitrogens with two attached hydrogens (primary N) is 1. The molecule has 0 amide bonds. The summed E-state index contributed by atoms with van der Waals surface area (Å²) < 4.78 is 96.4. The normalized spacial score (nSPS) is 13.6. The van der Waals surface area contributed by atoms with Gasteiger partial charge in [0.15, 0.2) is 0 Å². The first kappa shape index (κ1) is 15.6. The van der Waals surface area contributed by atoms with Crippen LogP contribution in [0.1, 0.15) is 11.1 Å². The Morgan fingerprint density at radius 2 is 1.47 bits per heavy atom. The van der Waals surface area contributed by atoms with E-state index in [1.807, 2.05) is 0 Å². The van der Waals surface area contributed by atoms with E-state index in [0.29, 0.717) is 0 Å². The number of aromatic hydroxyl groups is 1. The molecule has 0 heterocycles. The lowest BCUT2D eigenvalue weighted by Gasteiger charge is -2.18. The zero-order valence-corrected chi connectivity index (χ0v) is 9.49. The molecule has 11 heteroatoms. The van der Waals surface area contributed by atoms with E-state index in [1.165, 1.54) is 0 Å². The van der Waals surface area contributed by atoms with Crippen molar-refractivity contribution < 1.29 is 39.9 Å². The number of halogens is 6. The van der Waals surface area contributed by atoms with Crippen molar-refractivity contribution in [1.82, 2.24) is 0 Å². The molecular weight excluding hydrogens is 304 g/mol. The van der Waals surface area contributed by atoms with E-state index in [9.17, 15) is 34.8 Å². The molecule has 3 N–H and O–H groups in total. The summed E-state index contributed by atoms with van der Waals surface area (Å²) in [5.41, 5.74) is -4.70. The van der Waals surface area contributed by atoms with Gasteiger partial charge in [0, 0.05) is 0 Å². The molecule has 0 radical (unpaired) electrons. The van der Waals surface area contributed by atoms with Gasteiger partial charge in [0.2, 0.25) is 10.0 Å². The number of hydrogen-bond acceptors (Lipinski definition) is 3. The Morgan fingerprint density at radius 1 is 1.00 bits per heavy atom. The second kappa shape index (κ2) is 4.27. The van der Waals surface area contributed by atoms with Crippen LogP contribution in [0.15, 0.2) is 17.0 Å². The fraction of sp³-hybridized carbons (Fsp3) is 0.250. The summed E-state index contributed by atoms with van der Waals surface area (Å²) in [6.07, 6.45) is -11.0. The van der Waals surface area contributed by atoms with Crippen LogP contribution in [0.3, 0.4) is 0 Å². The average molecular weight is 309 g/mol. The molecule has 0 unspecified atom stereocenters. The van der Waals surface area contributed by atoms with Crippen LogP contribution in [0.5, 0.6) is 5.75 Å². The zero-order valence-electron chi connectivity index (χ0n) is 8.67. The highest BCUT2D eigenvalue weighted by Gasteiger charge is 2.46. The Bertz CT molecular complexity index is 604. The largest absolute Gasteiger partial charge is 0.506 e. The van der Waals surface area contributed by atoms with Crippen molar-refractivity contribution in [3.63, 3.8) is 0 Å². The first-order valence-corrected chi connectivity index (χ1v) is 5.84. The summed E-state index contributed by atoms with van der Waals surface area (Å²) in [5.74, 6) is -2.08. The van der Waals surface area contributed by atoms with E-state index in [1.54, 1.807) is 0 Å². The zero-order chi connectivity index (χ0) is 15.2. The highest BCUT2D eigenvalue weighted by atomic mass is 32.2. The Morgan fingerprint density at radius 3 is 1.79 bits per heavy atom. The Labute approximate surface area is 102 Å². The van der Waals surface area contributed by atoms with E-state index in [4.69, 9.17) is 5.11 Å². The third-order valence-electron chi connectivity index (χ3n) is 2.04. The number of phenolic OH excluding ortho intramolecular Hbond substituents is 1. The standard InChI is InChI=1S/C8H5F6NO3S/c9-7(10,11)3-1-2-4(19(15,17)18)6(16)5(3)8(12,13)14/h1-2,16H,(H2,15,17,18). The van der Waals surface area contributed by atoms with Crippen molar-refractivity contribution in [2.75, 3.05) is 0 Å². The van der Waals surface area contributed by atoms with Crippen LogP contribution in [-0.2, 0) is 22.4 Å². The van der Waals surface area contributed by atoms with Crippen LogP contribution in [0.2, 0.25) is 0 Å². The fourth-order valence-corrected chi connectivity index (χ4v) is 1.95. The summed E-state index contributed by atoms with van der Waals surface area (Å²) in [6.45, 7) is 0. The molecule has 1 aromatic carbocycles. The molecule has 108 valence electrons. The first-order valence-electron chi connectivity index (χ1n) is 4.29. The second-order valence-electron chi connectivity index (χ2n) is 3.38. The molecule has 0 fully saturated rings. The minimum atomic E-state index is -5.60. The lowest BCUT2D eigenvalue weighted by atomic mass is 10.1. The van der Waals surface area contributed by atoms with Gasteiger partial charge in [-0.3, -0.25) is 0 Å². The van der Waals surface area contributed by atoms with Gasteiger partial charge in [-0.2, -0.15) is 26.3 Å². The monoisotopic (exact) mass is 309 g/mol. The fourth-order valence-electron chi connectivity index (χ4n) is 1.32. The van der Waals surface area contributed by atoms with Crippen molar-refractivity contribution in [2.45, 2.75) is 17.2 Å². The van der Waals surface area contributed by atoms with Crippen LogP contribution in [0.4, 0.5) is 26.3 Å². The van der Waals surface area contributed by atoms with Gasteiger partial charge < -0.3 is 5.11 Å². The molecular formula is C8H5F6NO3S. The summed E-state index contributed by atoms with van der Waals surface area (Å²) >= 11 is 0. The van der Waals surface area contributed by atoms with Gasteiger partial charge in [-0.1, -0.05) is 0 Å². The number of hydrogen-bond donors (Lipinski definition) is 2. The number of primary sulfonamides is 1. The van der Waals surface area contributed by atoms with Gasteiger partial charge in [-0.15, -0.1) is 0 Å². The molecule has 0 atom stereocenters. The second-order valence-corrected chi connectivity index (χ2v) is 4.91. The lowest BCUT2D eigenvalue weighted by molar-refractivity contribution is -0.163. The smallest absolute Gasteiger partial charge is 0.420 e. The Balaban J connectivity index is 3.81. The Hall–Kier alpha value is -1.49. The van der Waals surface area contributed by atoms with E-state index < -0.39 is 44.1 Å². The van der Waals surface area contributed by atoms with Crippen molar-refractivity contribution in [3.8, 4) is 5.75 Å². The summed E-state index contributed by atoms with van der Waals surface area (Å²) in [6, 6.07) is 0.0466. The number of phenols is 1. The van der Waals surface area contributed by atoms with Crippen molar-refractivity contribution in [2.24, 2.45) is 5.14 Å². The molecule has 0 saturated heterocycles. The molecule has 0 spiro atoms. The molecule has 0 aliphatic carbocycles. The first-order chi connectivity index (χ1) is 8.26. The molecule has 0 saturated carbocycles. The number of sulfonamides is 1. The quantitative estimate of drug-likeness (QED) is 0.779. The molecule has 0 aliphatic rings. The molecule has 4 nitrogen and oxygen atoms in total. The van der Waals surface area contributed by atoms with Gasteiger partial charge in [0.1, 0.15) is 16.2 Å². The van der Waals surface area contributed by atoms with Gasteiger partial charge in [-0.25, -0.2) is 13.6 Å². The van der Waals surface area contributed by atoms with E-state index in [0.717, 1.165) is 0 Å². The SMILES string of the molecule is NS(=O)(=O)c1ccc(C(F)(F)F)c(C(F)(F)F)c1O. The Kier molecular flexibility index (Phi) is 3.50. The van der Waals surface area contributed by atoms with E-state index in [-0.39, 0.29) is 12.1 Å². The third kappa shape index (κ3) is 3.10. The maximum absolute atomic E-state index is 12.5. The summed E-state index contributed by atoms with van der Waals surface area (Å²) in [7, 11) is -4.80. The minimum absolute atomic E-state index is 0.109.